The maximum atomic E-state index is 11.1. The van der Waals surface area contributed by atoms with Crippen LogP contribution in [-0.4, -0.2) is 17.2 Å². The largest absolute Gasteiger partial charge is 0.489 e. The smallest absolute Gasteiger partial charge is 0.312 e. The van der Waals surface area contributed by atoms with Crippen LogP contribution in [0.4, 0.5) is 0 Å². The summed E-state index contributed by atoms with van der Waals surface area (Å²) in [6, 6.07) is 5.41. The second kappa shape index (κ2) is 3.67. The summed E-state index contributed by atoms with van der Waals surface area (Å²) in [4.78, 5) is 11.1. The average molecular weight is 241 g/mol. The molecule has 1 atom stereocenters. The minimum absolute atomic E-state index is 0.361. The molecule has 16 heavy (non-hydrogen) atoms. The number of carboxylic acids is 1. The van der Waals surface area contributed by atoms with Gasteiger partial charge in [0.1, 0.15) is 11.9 Å². The minimum atomic E-state index is -0.914. The number of hydrogen-bond donors (Lipinski definition) is 1. The van der Waals surface area contributed by atoms with E-state index in [2.05, 4.69) is 0 Å². The first-order valence-electron chi connectivity index (χ1n) is 5.10. The van der Waals surface area contributed by atoms with Gasteiger partial charge >= 0.3 is 5.97 Å². The number of hydrogen-bond acceptors (Lipinski definition) is 2. The SMILES string of the molecule is CC(C)(C(=O)O)C1Cc2c(Cl)cccc2O1. The van der Waals surface area contributed by atoms with Gasteiger partial charge in [0.2, 0.25) is 0 Å². The molecule has 1 heterocycles. The monoisotopic (exact) mass is 240 g/mol. The molecule has 86 valence electrons. The molecule has 4 heteroatoms. The zero-order valence-corrected chi connectivity index (χ0v) is 9.91. The number of carbonyl (C=O) groups is 1. The van der Waals surface area contributed by atoms with Gasteiger partial charge in [0.15, 0.2) is 0 Å². The van der Waals surface area contributed by atoms with Crippen molar-refractivity contribution in [1.29, 1.82) is 0 Å². The lowest BCUT2D eigenvalue weighted by Gasteiger charge is -2.25. The number of benzene rings is 1. The van der Waals surface area contributed by atoms with Gasteiger partial charge in [-0.1, -0.05) is 17.7 Å². The molecule has 1 aromatic rings. The van der Waals surface area contributed by atoms with E-state index in [1.54, 1.807) is 26.0 Å². The van der Waals surface area contributed by atoms with Gasteiger partial charge in [0.25, 0.3) is 0 Å². The molecular weight excluding hydrogens is 228 g/mol. The van der Waals surface area contributed by atoms with Crippen molar-refractivity contribution in [3.8, 4) is 5.75 Å². The molecule has 0 saturated carbocycles. The van der Waals surface area contributed by atoms with Crippen molar-refractivity contribution in [3.63, 3.8) is 0 Å². The lowest BCUT2D eigenvalue weighted by molar-refractivity contribution is -0.151. The predicted octanol–water partition coefficient (Wildman–Crippen LogP) is 2.75. The zero-order valence-electron chi connectivity index (χ0n) is 9.16. The Hall–Kier alpha value is -1.22. The molecule has 1 N–H and O–H groups in total. The van der Waals surface area contributed by atoms with Crippen LogP contribution in [0.5, 0.6) is 5.75 Å². The van der Waals surface area contributed by atoms with Crippen LogP contribution in [-0.2, 0) is 11.2 Å². The highest BCUT2D eigenvalue weighted by Crippen LogP contribution is 2.40. The third kappa shape index (κ3) is 1.65. The number of fused-ring (bicyclic) bond motifs is 1. The van der Waals surface area contributed by atoms with Crippen molar-refractivity contribution in [2.24, 2.45) is 5.41 Å². The van der Waals surface area contributed by atoms with E-state index in [1.807, 2.05) is 6.07 Å². The summed E-state index contributed by atoms with van der Waals surface area (Å²) >= 11 is 6.04. The highest BCUT2D eigenvalue weighted by atomic mass is 35.5. The van der Waals surface area contributed by atoms with Crippen LogP contribution in [0.3, 0.4) is 0 Å². The van der Waals surface area contributed by atoms with Crippen molar-refractivity contribution in [2.45, 2.75) is 26.4 Å². The fraction of sp³-hybridized carbons (Fsp3) is 0.417. The topological polar surface area (TPSA) is 46.5 Å². The molecule has 0 aromatic heterocycles. The normalized spacial score (nSPS) is 19.1. The molecule has 3 nitrogen and oxygen atoms in total. The van der Waals surface area contributed by atoms with Crippen LogP contribution in [0.2, 0.25) is 5.02 Å². The van der Waals surface area contributed by atoms with Crippen LogP contribution >= 0.6 is 11.6 Å². The van der Waals surface area contributed by atoms with E-state index < -0.39 is 11.4 Å². The number of ether oxygens (including phenoxy) is 1. The van der Waals surface area contributed by atoms with Crippen molar-refractivity contribution < 1.29 is 14.6 Å². The first kappa shape index (κ1) is 11.3. The fourth-order valence-corrected chi connectivity index (χ4v) is 2.01. The van der Waals surface area contributed by atoms with Crippen LogP contribution < -0.4 is 4.74 Å². The summed E-state index contributed by atoms with van der Waals surface area (Å²) in [6.07, 6.45) is 0.189. The van der Waals surface area contributed by atoms with Crippen molar-refractivity contribution >= 4 is 17.6 Å². The van der Waals surface area contributed by atoms with Crippen molar-refractivity contribution in [2.75, 3.05) is 0 Å². The van der Waals surface area contributed by atoms with Gasteiger partial charge in [0, 0.05) is 17.0 Å². The van der Waals surface area contributed by atoms with E-state index in [0.717, 1.165) is 5.56 Å². The Balaban J connectivity index is 2.30. The maximum Gasteiger partial charge on any atom is 0.312 e. The second-order valence-corrected chi connectivity index (χ2v) is 4.96. The predicted molar refractivity (Wildman–Crippen MR) is 61.0 cm³/mol. The van der Waals surface area contributed by atoms with Crippen molar-refractivity contribution in [1.82, 2.24) is 0 Å². The molecule has 1 aliphatic rings. The highest BCUT2D eigenvalue weighted by molar-refractivity contribution is 6.31. The summed E-state index contributed by atoms with van der Waals surface area (Å²) in [5.41, 5.74) is -0.00833. The lowest BCUT2D eigenvalue weighted by Crippen LogP contribution is -2.40. The number of halogens is 1. The van der Waals surface area contributed by atoms with E-state index in [-0.39, 0.29) is 6.10 Å². The van der Waals surface area contributed by atoms with Gasteiger partial charge < -0.3 is 9.84 Å². The van der Waals surface area contributed by atoms with Gasteiger partial charge in [0.05, 0.1) is 5.41 Å². The number of carboxylic acid groups (broad SMARTS) is 1. The summed E-state index contributed by atoms with van der Waals surface area (Å²) in [5.74, 6) is -0.159. The van der Waals surface area contributed by atoms with E-state index >= 15 is 0 Å². The molecule has 0 radical (unpaired) electrons. The van der Waals surface area contributed by atoms with Crippen molar-refractivity contribution in [3.05, 3.63) is 28.8 Å². The molecule has 0 amide bonds. The van der Waals surface area contributed by atoms with Crippen LogP contribution in [0, 0.1) is 5.41 Å². The highest BCUT2D eigenvalue weighted by Gasteiger charge is 2.42. The summed E-state index contributed by atoms with van der Waals surface area (Å²) in [6.45, 7) is 3.33. The third-order valence-corrected chi connectivity index (χ3v) is 3.44. The van der Waals surface area contributed by atoms with Crippen LogP contribution in [0.1, 0.15) is 19.4 Å². The fourth-order valence-electron chi connectivity index (χ4n) is 1.77. The van der Waals surface area contributed by atoms with Gasteiger partial charge in [-0.2, -0.15) is 0 Å². The number of aliphatic carboxylic acids is 1. The van der Waals surface area contributed by atoms with Crippen LogP contribution in [0.25, 0.3) is 0 Å². The third-order valence-electron chi connectivity index (χ3n) is 3.09. The maximum absolute atomic E-state index is 11.1. The molecule has 0 saturated heterocycles. The quantitative estimate of drug-likeness (QED) is 0.865. The van der Waals surface area contributed by atoms with Gasteiger partial charge in [-0.3, -0.25) is 4.79 Å². The van der Waals surface area contributed by atoms with E-state index in [1.165, 1.54) is 0 Å². The van der Waals surface area contributed by atoms with Gasteiger partial charge in [-0.15, -0.1) is 0 Å². The summed E-state index contributed by atoms with van der Waals surface area (Å²) < 4.78 is 5.65. The molecule has 0 spiro atoms. The Morgan fingerprint density at radius 1 is 1.56 bits per heavy atom. The molecule has 1 aliphatic heterocycles. The molecule has 0 fully saturated rings. The Bertz CT molecular complexity index is 440. The summed E-state index contributed by atoms with van der Waals surface area (Å²) in [7, 11) is 0. The average Bonchev–Trinajstić information content (AvgIpc) is 2.63. The molecule has 2 rings (SSSR count). The lowest BCUT2D eigenvalue weighted by atomic mass is 9.84. The zero-order chi connectivity index (χ0) is 11.9. The molecule has 1 aromatic carbocycles. The molecular formula is C12H13ClO3. The van der Waals surface area contributed by atoms with Crippen LogP contribution in [0.15, 0.2) is 18.2 Å². The standard InChI is InChI=1S/C12H13ClO3/c1-12(2,11(14)15)10-6-7-8(13)4-3-5-9(7)16-10/h3-5,10H,6H2,1-2H3,(H,14,15). The second-order valence-electron chi connectivity index (χ2n) is 4.55. The Labute approximate surface area is 99.0 Å². The molecule has 0 bridgehead atoms. The number of rotatable bonds is 2. The Morgan fingerprint density at radius 3 is 2.81 bits per heavy atom. The van der Waals surface area contributed by atoms with E-state index in [9.17, 15) is 4.79 Å². The molecule has 0 aliphatic carbocycles. The summed E-state index contributed by atoms with van der Waals surface area (Å²) in [5, 5.41) is 9.78. The Kier molecular flexibility index (Phi) is 2.58. The van der Waals surface area contributed by atoms with E-state index in [4.69, 9.17) is 21.4 Å². The van der Waals surface area contributed by atoms with Gasteiger partial charge in [-0.05, 0) is 26.0 Å². The molecule has 1 unspecified atom stereocenters. The van der Waals surface area contributed by atoms with Gasteiger partial charge in [-0.25, -0.2) is 0 Å². The first-order valence-corrected chi connectivity index (χ1v) is 5.48. The minimum Gasteiger partial charge on any atom is -0.489 e. The first-order chi connectivity index (χ1) is 7.43. The van der Waals surface area contributed by atoms with E-state index in [0.29, 0.717) is 17.2 Å². The Morgan fingerprint density at radius 2 is 2.25 bits per heavy atom.